The summed E-state index contributed by atoms with van der Waals surface area (Å²) in [6.07, 6.45) is -0.413. The van der Waals surface area contributed by atoms with Crippen LogP contribution in [-0.2, 0) is 16.1 Å². The van der Waals surface area contributed by atoms with Crippen LogP contribution in [0.15, 0.2) is 42.5 Å². The van der Waals surface area contributed by atoms with E-state index in [1.165, 1.54) is 4.90 Å². The molecule has 35 heavy (non-hydrogen) atoms. The van der Waals surface area contributed by atoms with E-state index in [9.17, 15) is 19.5 Å². The number of carbonyl (C=O) groups excluding carboxylic acids is 2. The maximum absolute atomic E-state index is 12.5. The average molecular weight is 479 g/mol. The summed E-state index contributed by atoms with van der Waals surface area (Å²) in [7, 11) is 0. The van der Waals surface area contributed by atoms with Crippen molar-refractivity contribution >= 4 is 23.6 Å². The smallest absolute Gasteiger partial charge is 0.408 e. The van der Waals surface area contributed by atoms with Crippen LogP contribution in [0.1, 0.15) is 51.3 Å². The third-order valence-corrected chi connectivity index (χ3v) is 6.91. The molecule has 1 fully saturated rings. The van der Waals surface area contributed by atoms with Gasteiger partial charge >= 0.3 is 6.09 Å². The highest BCUT2D eigenvalue weighted by Crippen LogP contribution is 2.43. The van der Waals surface area contributed by atoms with E-state index in [-0.39, 0.29) is 29.9 Å². The molecule has 0 unspecified atom stereocenters. The predicted octanol–water partition coefficient (Wildman–Crippen LogP) is 3.86. The molecule has 0 radical (unpaired) electrons. The minimum atomic E-state index is -0.958. The van der Waals surface area contributed by atoms with Crippen LogP contribution < -0.4 is 10.2 Å². The molecule has 2 aliphatic rings. The molecule has 2 aromatic rings. The van der Waals surface area contributed by atoms with Crippen LogP contribution in [0.25, 0.3) is 11.1 Å². The number of anilines is 1. The minimum Gasteiger partial charge on any atom is -0.465 e. The van der Waals surface area contributed by atoms with E-state index >= 15 is 0 Å². The standard InChI is InChI=1S/C27H34N4O4/c1-17(2)30(27(34)35)25-13-18(3)31(19(4)32)24-10-9-22(14-23(24)25)21-7-5-20(6-8-21)15-29-12-11-28-26(33)16-29/h5-10,14,17-18,25H,11-13,15-16H2,1-4H3,(H,28,33)(H,34,35)/t18-,25+/m0/s1. The molecule has 3 amide bonds. The number of hydrogen-bond acceptors (Lipinski definition) is 4. The summed E-state index contributed by atoms with van der Waals surface area (Å²) in [5.41, 5.74) is 4.76. The lowest BCUT2D eigenvalue weighted by Crippen LogP contribution is -2.48. The second kappa shape index (κ2) is 10.1. The normalized spacial score (nSPS) is 20.4. The van der Waals surface area contributed by atoms with Crippen molar-refractivity contribution in [3.8, 4) is 11.1 Å². The summed E-state index contributed by atoms with van der Waals surface area (Å²) in [4.78, 5) is 41.7. The Hall–Kier alpha value is -3.39. The highest BCUT2D eigenvalue weighted by molar-refractivity contribution is 5.94. The van der Waals surface area contributed by atoms with Crippen molar-refractivity contribution in [1.29, 1.82) is 0 Å². The first kappa shape index (κ1) is 24.7. The number of hydrogen-bond donors (Lipinski definition) is 2. The summed E-state index contributed by atoms with van der Waals surface area (Å²) in [6.45, 7) is 9.91. The Labute approximate surface area is 206 Å². The van der Waals surface area contributed by atoms with Crippen LogP contribution in [0.5, 0.6) is 0 Å². The fourth-order valence-electron chi connectivity index (χ4n) is 5.36. The zero-order valence-corrected chi connectivity index (χ0v) is 20.8. The molecule has 1 saturated heterocycles. The predicted molar refractivity (Wildman–Crippen MR) is 135 cm³/mol. The molecule has 0 aromatic heterocycles. The average Bonchev–Trinajstić information content (AvgIpc) is 2.78. The van der Waals surface area contributed by atoms with Gasteiger partial charge in [-0.3, -0.25) is 19.4 Å². The van der Waals surface area contributed by atoms with Gasteiger partial charge < -0.3 is 15.3 Å². The van der Waals surface area contributed by atoms with Crippen LogP contribution >= 0.6 is 0 Å². The highest BCUT2D eigenvalue weighted by atomic mass is 16.4. The van der Waals surface area contributed by atoms with Crippen molar-refractivity contribution in [3.63, 3.8) is 0 Å². The first-order valence-electron chi connectivity index (χ1n) is 12.2. The molecule has 186 valence electrons. The molecule has 4 rings (SSSR count). The number of benzene rings is 2. The molecular formula is C27H34N4O4. The first-order chi connectivity index (χ1) is 16.7. The Kier molecular flexibility index (Phi) is 7.12. The van der Waals surface area contributed by atoms with Gasteiger partial charge in [0, 0.05) is 44.3 Å². The van der Waals surface area contributed by atoms with Gasteiger partial charge in [0.25, 0.3) is 0 Å². The van der Waals surface area contributed by atoms with Crippen molar-refractivity contribution in [2.45, 2.75) is 58.8 Å². The van der Waals surface area contributed by atoms with E-state index in [1.54, 1.807) is 11.8 Å². The van der Waals surface area contributed by atoms with E-state index in [4.69, 9.17) is 0 Å². The van der Waals surface area contributed by atoms with Gasteiger partial charge in [-0.2, -0.15) is 0 Å². The fourth-order valence-corrected chi connectivity index (χ4v) is 5.36. The summed E-state index contributed by atoms with van der Waals surface area (Å²) in [5.74, 6) is 0.00864. The largest absolute Gasteiger partial charge is 0.465 e. The Balaban J connectivity index is 1.66. The van der Waals surface area contributed by atoms with Crippen LogP contribution in [0.4, 0.5) is 10.5 Å². The number of piperazine rings is 1. The number of amides is 3. The maximum Gasteiger partial charge on any atom is 0.408 e. The van der Waals surface area contributed by atoms with E-state index < -0.39 is 6.09 Å². The Morgan fingerprint density at radius 3 is 2.43 bits per heavy atom. The molecular weight excluding hydrogens is 444 g/mol. The Bertz CT molecular complexity index is 1110. The van der Waals surface area contributed by atoms with Gasteiger partial charge in [0.15, 0.2) is 0 Å². The second-order valence-electron chi connectivity index (χ2n) is 9.80. The van der Waals surface area contributed by atoms with E-state index in [0.717, 1.165) is 34.5 Å². The molecule has 0 spiro atoms. The lowest BCUT2D eigenvalue weighted by Gasteiger charge is -2.43. The molecule has 2 atom stereocenters. The van der Waals surface area contributed by atoms with Crippen LogP contribution in [0.3, 0.4) is 0 Å². The molecule has 0 aliphatic carbocycles. The maximum atomic E-state index is 12.5. The number of rotatable bonds is 5. The molecule has 8 heteroatoms. The zero-order chi connectivity index (χ0) is 25.3. The zero-order valence-electron chi connectivity index (χ0n) is 20.8. The van der Waals surface area contributed by atoms with Crippen molar-refractivity contribution < 1.29 is 19.5 Å². The molecule has 0 bridgehead atoms. The highest BCUT2D eigenvalue weighted by Gasteiger charge is 2.38. The Morgan fingerprint density at radius 2 is 1.83 bits per heavy atom. The number of carbonyl (C=O) groups is 3. The number of fused-ring (bicyclic) bond motifs is 1. The fraction of sp³-hybridized carbons (Fsp3) is 0.444. The Morgan fingerprint density at radius 1 is 1.14 bits per heavy atom. The van der Waals surface area contributed by atoms with Gasteiger partial charge in [-0.1, -0.05) is 30.3 Å². The van der Waals surface area contributed by atoms with Gasteiger partial charge in [0.05, 0.1) is 12.6 Å². The minimum absolute atomic E-state index is 0.0490. The summed E-state index contributed by atoms with van der Waals surface area (Å²) >= 11 is 0. The van der Waals surface area contributed by atoms with Gasteiger partial charge in [0.1, 0.15) is 0 Å². The van der Waals surface area contributed by atoms with Crippen LogP contribution in [-0.4, -0.2) is 64.5 Å². The van der Waals surface area contributed by atoms with Crippen molar-refractivity contribution in [1.82, 2.24) is 15.1 Å². The van der Waals surface area contributed by atoms with Crippen LogP contribution in [0, 0.1) is 0 Å². The van der Waals surface area contributed by atoms with Gasteiger partial charge in [-0.15, -0.1) is 0 Å². The molecule has 0 saturated carbocycles. The summed E-state index contributed by atoms with van der Waals surface area (Å²) in [5, 5.41) is 12.8. The molecule has 8 nitrogen and oxygen atoms in total. The molecule has 2 N–H and O–H groups in total. The lowest BCUT2D eigenvalue weighted by molar-refractivity contribution is -0.124. The topological polar surface area (TPSA) is 93.2 Å². The first-order valence-corrected chi connectivity index (χ1v) is 12.2. The van der Waals surface area contributed by atoms with E-state index in [0.29, 0.717) is 26.1 Å². The molecule has 2 heterocycles. The van der Waals surface area contributed by atoms with Crippen molar-refractivity contribution in [2.75, 3.05) is 24.5 Å². The summed E-state index contributed by atoms with van der Waals surface area (Å²) in [6, 6.07) is 13.6. The van der Waals surface area contributed by atoms with Gasteiger partial charge in [0.2, 0.25) is 11.8 Å². The van der Waals surface area contributed by atoms with E-state index in [2.05, 4.69) is 34.5 Å². The van der Waals surface area contributed by atoms with Crippen LogP contribution in [0.2, 0.25) is 0 Å². The monoisotopic (exact) mass is 478 g/mol. The van der Waals surface area contributed by atoms with Gasteiger partial charge in [-0.25, -0.2) is 4.79 Å². The number of nitrogens with one attached hydrogen (secondary N) is 1. The quantitative estimate of drug-likeness (QED) is 0.681. The van der Waals surface area contributed by atoms with Crippen molar-refractivity contribution in [2.24, 2.45) is 0 Å². The van der Waals surface area contributed by atoms with Gasteiger partial charge in [-0.05, 0) is 61.6 Å². The SMILES string of the molecule is CC(=O)N1c2ccc(-c3ccc(CN4CCNC(=O)C4)cc3)cc2[C@H](N(C(=O)O)C(C)C)C[C@@H]1C. The number of carboxylic acid groups (broad SMARTS) is 1. The molecule has 2 aliphatic heterocycles. The lowest BCUT2D eigenvalue weighted by atomic mass is 9.87. The van der Waals surface area contributed by atoms with Crippen molar-refractivity contribution in [3.05, 3.63) is 53.6 Å². The third kappa shape index (κ3) is 5.17. The third-order valence-electron chi connectivity index (χ3n) is 6.91. The van der Waals surface area contributed by atoms with E-state index in [1.807, 2.05) is 39.0 Å². The molecule has 2 aromatic carbocycles. The summed E-state index contributed by atoms with van der Waals surface area (Å²) < 4.78 is 0. The second-order valence-corrected chi connectivity index (χ2v) is 9.80. The number of nitrogens with zero attached hydrogens (tertiary/aromatic N) is 3.